The van der Waals surface area contributed by atoms with Gasteiger partial charge in [-0.3, -0.25) is 4.79 Å². The maximum Gasteiger partial charge on any atom is 0.287 e. The van der Waals surface area contributed by atoms with Crippen molar-refractivity contribution in [2.75, 3.05) is 18.0 Å². The number of benzene rings is 1. The number of nitrogens with zero attached hydrogens (tertiary/aromatic N) is 3. The molecule has 0 bridgehead atoms. The van der Waals surface area contributed by atoms with Crippen LogP contribution in [0.2, 0.25) is 15.1 Å². The van der Waals surface area contributed by atoms with Crippen molar-refractivity contribution in [3.05, 3.63) is 55.4 Å². The minimum atomic E-state index is -0.280. The lowest BCUT2D eigenvalue weighted by atomic mass is 10.1. The number of aromatic nitrogens is 2. The van der Waals surface area contributed by atoms with Crippen LogP contribution in [-0.4, -0.2) is 29.0 Å². The van der Waals surface area contributed by atoms with Crippen molar-refractivity contribution >= 4 is 40.5 Å². The second-order valence-electron chi connectivity index (χ2n) is 6.02. The summed E-state index contributed by atoms with van der Waals surface area (Å²) in [6.45, 7) is 2.02. The zero-order valence-electron chi connectivity index (χ0n) is 13.7. The number of halogens is 3. The Morgan fingerprint density at radius 1 is 1.20 bits per heavy atom. The van der Waals surface area contributed by atoms with E-state index in [0.29, 0.717) is 22.3 Å². The molecule has 25 heavy (non-hydrogen) atoms. The Hall–Kier alpha value is -1.27. The molecule has 0 unspecified atom stereocenters. The number of hydrogen-bond acceptors (Lipinski definition) is 4. The van der Waals surface area contributed by atoms with E-state index in [-0.39, 0.29) is 16.7 Å². The first kappa shape index (κ1) is 18.5. The molecular weight excluding hydrogens is 385 g/mol. The first-order valence-corrected chi connectivity index (χ1v) is 9.11. The smallest absolute Gasteiger partial charge is 0.287 e. The Bertz CT molecular complexity index is 817. The summed E-state index contributed by atoms with van der Waals surface area (Å²) in [5, 5.41) is 5.34. The Balaban J connectivity index is 1.56. The van der Waals surface area contributed by atoms with Crippen molar-refractivity contribution in [3.8, 4) is 0 Å². The van der Waals surface area contributed by atoms with Gasteiger partial charge in [0.05, 0.1) is 34.6 Å². The summed E-state index contributed by atoms with van der Waals surface area (Å²) in [6.07, 6.45) is 3.50. The normalized spacial score (nSPS) is 15.6. The van der Waals surface area contributed by atoms with Crippen molar-refractivity contribution < 1.29 is 4.74 Å². The van der Waals surface area contributed by atoms with E-state index >= 15 is 0 Å². The number of piperidine rings is 1. The van der Waals surface area contributed by atoms with Crippen LogP contribution in [0.25, 0.3) is 0 Å². The Morgan fingerprint density at radius 2 is 1.92 bits per heavy atom. The number of anilines is 1. The number of aryl methyl sites for hydroxylation is 1. The van der Waals surface area contributed by atoms with Crippen LogP contribution in [0, 0.1) is 0 Å². The Kier molecular flexibility index (Phi) is 5.89. The molecule has 0 radical (unpaired) electrons. The fourth-order valence-electron chi connectivity index (χ4n) is 2.83. The molecular formula is C17H18Cl3N3O2. The lowest BCUT2D eigenvalue weighted by molar-refractivity contribution is 0.0251. The van der Waals surface area contributed by atoms with Crippen molar-refractivity contribution in [2.24, 2.45) is 7.05 Å². The van der Waals surface area contributed by atoms with Crippen LogP contribution < -0.4 is 10.5 Å². The van der Waals surface area contributed by atoms with Crippen LogP contribution in [0.1, 0.15) is 18.4 Å². The second-order valence-corrected chi connectivity index (χ2v) is 7.21. The summed E-state index contributed by atoms with van der Waals surface area (Å²) in [5.41, 5.74) is 1.40. The van der Waals surface area contributed by atoms with Crippen molar-refractivity contribution in [2.45, 2.75) is 25.6 Å². The second kappa shape index (κ2) is 7.96. The van der Waals surface area contributed by atoms with E-state index in [1.807, 2.05) is 12.1 Å². The standard InChI is InChI=1S/C17H18Cl3N3O2/c1-22-17(24)16(20)15(9-21-22)23-6-4-12(5-7-23)25-10-11-2-3-13(18)14(19)8-11/h2-3,8-9,12H,4-7,10H2,1H3. The molecule has 2 aromatic rings. The molecule has 0 spiro atoms. The minimum absolute atomic E-state index is 0.156. The monoisotopic (exact) mass is 401 g/mol. The Morgan fingerprint density at radius 3 is 2.60 bits per heavy atom. The van der Waals surface area contributed by atoms with Crippen LogP contribution in [-0.2, 0) is 18.4 Å². The first-order valence-electron chi connectivity index (χ1n) is 7.98. The van der Waals surface area contributed by atoms with Gasteiger partial charge < -0.3 is 9.64 Å². The van der Waals surface area contributed by atoms with Gasteiger partial charge in [0.1, 0.15) is 5.02 Å². The lowest BCUT2D eigenvalue weighted by Gasteiger charge is -2.33. The highest BCUT2D eigenvalue weighted by Crippen LogP contribution is 2.27. The molecule has 5 nitrogen and oxygen atoms in total. The lowest BCUT2D eigenvalue weighted by Crippen LogP contribution is -2.38. The van der Waals surface area contributed by atoms with E-state index in [1.54, 1.807) is 19.3 Å². The quantitative estimate of drug-likeness (QED) is 0.777. The van der Waals surface area contributed by atoms with Crippen molar-refractivity contribution in [1.29, 1.82) is 0 Å². The molecule has 0 atom stereocenters. The molecule has 1 fully saturated rings. The van der Waals surface area contributed by atoms with Gasteiger partial charge in [-0.1, -0.05) is 40.9 Å². The van der Waals surface area contributed by atoms with Crippen molar-refractivity contribution in [3.63, 3.8) is 0 Å². The number of rotatable bonds is 4. The summed E-state index contributed by atoms with van der Waals surface area (Å²) < 4.78 is 7.21. The van der Waals surface area contributed by atoms with E-state index < -0.39 is 0 Å². The van der Waals surface area contributed by atoms with Crippen LogP contribution in [0.4, 0.5) is 5.69 Å². The molecule has 0 aliphatic carbocycles. The maximum atomic E-state index is 11.9. The molecule has 1 saturated heterocycles. The average molecular weight is 403 g/mol. The number of hydrogen-bond donors (Lipinski definition) is 0. The third-order valence-electron chi connectivity index (χ3n) is 4.31. The van der Waals surface area contributed by atoms with Crippen LogP contribution in [0.5, 0.6) is 0 Å². The highest BCUT2D eigenvalue weighted by Gasteiger charge is 2.23. The average Bonchev–Trinajstić information content (AvgIpc) is 2.61. The largest absolute Gasteiger partial charge is 0.373 e. The highest BCUT2D eigenvalue weighted by atomic mass is 35.5. The number of ether oxygens (including phenoxy) is 1. The Labute approximate surface area is 161 Å². The van der Waals surface area contributed by atoms with Gasteiger partial charge in [0, 0.05) is 20.1 Å². The molecule has 3 rings (SSSR count). The topological polar surface area (TPSA) is 47.4 Å². The van der Waals surface area contributed by atoms with Gasteiger partial charge in [-0.25, -0.2) is 4.68 Å². The van der Waals surface area contributed by atoms with Crippen LogP contribution in [0.3, 0.4) is 0 Å². The highest BCUT2D eigenvalue weighted by molar-refractivity contribution is 6.42. The van der Waals surface area contributed by atoms with E-state index in [9.17, 15) is 4.79 Å². The summed E-state index contributed by atoms with van der Waals surface area (Å²) >= 11 is 18.1. The molecule has 1 aromatic carbocycles. The predicted molar refractivity (Wildman–Crippen MR) is 101 cm³/mol. The fraction of sp³-hybridized carbons (Fsp3) is 0.412. The summed E-state index contributed by atoms with van der Waals surface area (Å²) in [5.74, 6) is 0. The van der Waals surface area contributed by atoms with Crippen molar-refractivity contribution in [1.82, 2.24) is 9.78 Å². The van der Waals surface area contributed by atoms with Gasteiger partial charge in [0.25, 0.3) is 5.56 Å². The molecule has 1 aliphatic rings. The summed E-state index contributed by atoms with van der Waals surface area (Å²) in [7, 11) is 1.58. The minimum Gasteiger partial charge on any atom is -0.373 e. The van der Waals surface area contributed by atoms with E-state index in [1.165, 1.54) is 4.68 Å². The van der Waals surface area contributed by atoms with E-state index in [0.717, 1.165) is 31.5 Å². The third-order valence-corrected chi connectivity index (χ3v) is 5.41. The van der Waals surface area contributed by atoms with Gasteiger partial charge in [-0.2, -0.15) is 5.10 Å². The van der Waals surface area contributed by atoms with Gasteiger partial charge in [-0.15, -0.1) is 0 Å². The molecule has 0 amide bonds. The zero-order chi connectivity index (χ0) is 18.0. The molecule has 1 aliphatic heterocycles. The van der Waals surface area contributed by atoms with Crippen LogP contribution in [0.15, 0.2) is 29.2 Å². The van der Waals surface area contributed by atoms with Crippen LogP contribution >= 0.6 is 34.8 Å². The maximum absolute atomic E-state index is 11.9. The van der Waals surface area contributed by atoms with Gasteiger partial charge >= 0.3 is 0 Å². The fourth-order valence-corrected chi connectivity index (χ4v) is 3.44. The molecule has 0 saturated carbocycles. The third kappa shape index (κ3) is 4.29. The molecule has 134 valence electrons. The first-order chi connectivity index (χ1) is 12.0. The van der Waals surface area contributed by atoms with E-state index in [4.69, 9.17) is 39.5 Å². The molecule has 0 N–H and O–H groups in total. The van der Waals surface area contributed by atoms with Gasteiger partial charge in [-0.05, 0) is 30.5 Å². The summed E-state index contributed by atoms with van der Waals surface area (Å²) in [4.78, 5) is 14.0. The summed E-state index contributed by atoms with van der Waals surface area (Å²) in [6, 6.07) is 5.51. The SMILES string of the molecule is Cn1ncc(N2CCC(OCc3ccc(Cl)c(Cl)c3)CC2)c(Cl)c1=O. The van der Waals surface area contributed by atoms with Gasteiger partial charge in [0.2, 0.25) is 0 Å². The molecule has 8 heteroatoms. The zero-order valence-corrected chi connectivity index (χ0v) is 16.0. The predicted octanol–water partition coefficient (Wildman–Crippen LogP) is 3.93. The van der Waals surface area contributed by atoms with E-state index in [2.05, 4.69) is 10.00 Å². The van der Waals surface area contributed by atoms with Gasteiger partial charge in [0.15, 0.2) is 0 Å². The molecule has 2 heterocycles. The molecule has 1 aromatic heterocycles.